The van der Waals surface area contributed by atoms with Crippen molar-refractivity contribution in [2.75, 3.05) is 26.3 Å². The first kappa shape index (κ1) is 18.9. The Balaban J connectivity index is 1.45. The number of ether oxygens (including phenoxy) is 1. The lowest BCUT2D eigenvalue weighted by Crippen LogP contribution is -2.30. The summed E-state index contributed by atoms with van der Waals surface area (Å²) < 4.78 is 7.14. The van der Waals surface area contributed by atoms with Crippen molar-refractivity contribution in [1.29, 1.82) is 0 Å². The summed E-state index contributed by atoms with van der Waals surface area (Å²) in [4.78, 5) is 42.7. The monoisotopic (exact) mass is 409 g/mol. The van der Waals surface area contributed by atoms with Crippen LogP contribution in [0.4, 0.5) is 0 Å². The molecule has 3 aromatic rings. The molecule has 2 aliphatic heterocycles. The van der Waals surface area contributed by atoms with Crippen LogP contribution < -0.4 is 5.56 Å². The SMILES string of the molecule is CC1CN(C(=O)c2cnccn2)CC1c1nn2c(C3CCOCC3)ncc2c(=O)[nH]1. The van der Waals surface area contributed by atoms with Crippen LogP contribution in [0.15, 0.2) is 29.6 Å². The van der Waals surface area contributed by atoms with Crippen molar-refractivity contribution in [3.05, 3.63) is 52.5 Å². The average Bonchev–Trinajstić information content (AvgIpc) is 3.38. The molecule has 2 saturated heterocycles. The van der Waals surface area contributed by atoms with E-state index in [0.29, 0.717) is 43.3 Å². The van der Waals surface area contributed by atoms with Crippen LogP contribution in [0.1, 0.15) is 53.7 Å². The normalized spacial score (nSPS) is 22.6. The third kappa shape index (κ3) is 3.26. The second-order valence-corrected chi connectivity index (χ2v) is 8.02. The van der Waals surface area contributed by atoms with Crippen LogP contribution in [0, 0.1) is 5.92 Å². The molecule has 2 fully saturated rings. The molecule has 156 valence electrons. The second-order valence-electron chi connectivity index (χ2n) is 8.02. The van der Waals surface area contributed by atoms with Gasteiger partial charge in [-0.25, -0.2) is 14.5 Å². The highest BCUT2D eigenvalue weighted by molar-refractivity contribution is 5.92. The van der Waals surface area contributed by atoms with Crippen molar-refractivity contribution in [1.82, 2.24) is 34.4 Å². The molecule has 30 heavy (non-hydrogen) atoms. The molecule has 0 aliphatic carbocycles. The molecule has 2 atom stereocenters. The number of aromatic amines is 1. The number of imidazole rings is 1. The van der Waals surface area contributed by atoms with Crippen molar-refractivity contribution in [2.45, 2.75) is 31.6 Å². The van der Waals surface area contributed by atoms with Crippen molar-refractivity contribution in [2.24, 2.45) is 5.92 Å². The zero-order valence-corrected chi connectivity index (χ0v) is 16.7. The summed E-state index contributed by atoms with van der Waals surface area (Å²) in [6.45, 7) is 4.47. The molecule has 3 aromatic heterocycles. The van der Waals surface area contributed by atoms with Crippen LogP contribution in [0.25, 0.3) is 5.52 Å². The van der Waals surface area contributed by atoms with Gasteiger partial charge in [-0.3, -0.25) is 14.6 Å². The minimum absolute atomic E-state index is 0.0762. The van der Waals surface area contributed by atoms with Gasteiger partial charge in [-0.15, -0.1) is 0 Å². The van der Waals surface area contributed by atoms with Crippen LogP contribution in [0.3, 0.4) is 0 Å². The maximum absolute atomic E-state index is 12.8. The molecule has 1 amide bonds. The number of hydrogen-bond donors (Lipinski definition) is 1. The van der Waals surface area contributed by atoms with Crippen LogP contribution in [-0.2, 0) is 4.74 Å². The number of nitrogens with one attached hydrogen (secondary N) is 1. The van der Waals surface area contributed by atoms with Gasteiger partial charge in [-0.05, 0) is 18.8 Å². The third-order valence-electron chi connectivity index (χ3n) is 6.07. The fraction of sp³-hybridized carbons (Fsp3) is 0.500. The van der Waals surface area contributed by atoms with Gasteiger partial charge in [0, 0.05) is 50.5 Å². The van der Waals surface area contributed by atoms with E-state index in [-0.39, 0.29) is 29.2 Å². The quantitative estimate of drug-likeness (QED) is 0.685. The molecule has 2 aliphatic rings. The largest absolute Gasteiger partial charge is 0.381 e. The Morgan fingerprint density at radius 3 is 2.77 bits per heavy atom. The lowest BCUT2D eigenvalue weighted by atomic mass is 9.97. The molecule has 10 nitrogen and oxygen atoms in total. The predicted molar refractivity (Wildman–Crippen MR) is 106 cm³/mol. The van der Waals surface area contributed by atoms with Crippen molar-refractivity contribution in [3.63, 3.8) is 0 Å². The van der Waals surface area contributed by atoms with E-state index < -0.39 is 0 Å². The van der Waals surface area contributed by atoms with Gasteiger partial charge in [-0.2, -0.15) is 5.10 Å². The van der Waals surface area contributed by atoms with E-state index in [9.17, 15) is 9.59 Å². The molecule has 0 saturated carbocycles. The summed E-state index contributed by atoms with van der Waals surface area (Å²) in [6.07, 6.45) is 7.83. The van der Waals surface area contributed by atoms with Crippen molar-refractivity contribution < 1.29 is 9.53 Å². The number of fused-ring (bicyclic) bond motifs is 1. The minimum atomic E-state index is -0.211. The Morgan fingerprint density at radius 2 is 2.00 bits per heavy atom. The summed E-state index contributed by atoms with van der Waals surface area (Å²) in [5.41, 5.74) is 0.550. The number of hydrogen-bond acceptors (Lipinski definition) is 7. The van der Waals surface area contributed by atoms with Gasteiger partial charge < -0.3 is 14.6 Å². The van der Waals surface area contributed by atoms with Crippen LogP contribution in [-0.4, -0.2) is 66.7 Å². The molecular weight excluding hydrogens is 386 g/mol. The fourth-order valence-electron chi connectivity index (χ4n) is 4.39. The predicted octanol–water partition coefficient (Wildman–Crippen LogP) is 0.977. The van der Waals surface area contributed by atoms with Crippen molar-refractivity contribution in [3.8, 4) is 0 Å². The molecule has 1 N–H and O–H groups in total. The Bertz CT molecular complexity index is 1120. The maximum Gasteiger partial charge on any atom is 0.276 e. The van der Waals surface area contributed by atoms with Crippen LogP contribution in [0.2, 0.25) is 0 Å². The molecule has 0 aromatic carbocycles. The molecule has 0 spiro atoms. The van der Waals surface area contributed by atoms with E-state index in [2.05, 4.69) is 26.9 Å². The number of likely N-dealkylation sites (tertiary alicyclic amines) is 1. The van der Waals surface area contributed by atoms with Crippen molar-refractivity contribution >= 4 is 11.4 Å². The number of aromatic nitrogens is 6. The summed E-state index contributed by atoms with van der Waals surface area (Å²) in [5.74, 6) is 1.51. The van der Waals surface area contributed by atoms with E-state index in [1.165, 1.54) is 18.6 Å². The Labute approximate surface area is 172 Å². The van der Waals surface area contributed by atoms with Gasteiger partial charge >= 0.3 is 0 Å². The number of H-pyrrole nitrogens is 1. The molecule has 2 unspecified atom stereocenters. The molecule has 0 radical (unpaired) electrons. The maximum atomic E-state index is 12.8. The molecule has 10 heteroatoms. The molecule has 0 bridgehead atoms. The Kier molecular flexibility index (Phi) is 4.78. The Morgan fingerprint density at radius 1 is 1.17 bits per heavy atom. The number of carbonyl (C=O) groups is 1. The van der Waals surface area contributed by atoms with E-state index in [0.717, 1.165) is 18.7 Å². The highest BCUT2D eigenvalue weighted by Gasteiger charge is 2.36. The van der Waals surface area contributed by atoms with Crippen LogP contribution in [0.5, 0.6) is 0 Å². The average molecular weight is 409 g/mol. The zero-order valence-electron chi connectivity index (χ0n) is 16.7. The molecular formula is C20H23N7O3. The number of nitrogens with zero attached hydrogens (tertiary/aromatic N) is 6. The molecule has 5 heterocycles. The third-order valence-corrected chi connectivity index (χ3v) is 6.07. The summed E-state index contributed by atoms with van der Waals surface area (Å²) >= 11 is 0. The summed E-state index contributed by atoms with van der Waals surface area (Å²) in [5, 5.41) is 4.76. The standard InChI is InChI=1S/C20H23N7O3/c1-12-10-26(20(29)15-8-21-4-5-22-15)11-14(12)17-24-19(28)16-9-23-18(27(16)25-17)13-2-6-30-7-3-13/h4-5,8-9,12-14H,2-3,6-7,10-11H2,1H3,(H,24,25,28). The van der Waals surface area contributed by atoms with E-state index in [1.807, 2.05) is 0 Å². The lowest BCUT2D eigenvalue weighted by molar-refractivity contribution is 0.0780. The first-order valence-electron chi connectivity index (χ1n) is 10.2. The summed E-state index contributed by atoms with van der Waals surface area (Å²) in [7, 11) is 0. The smallest absolute Gasteiger partial charge is 0.276 e. The highest BCUT2D eigenvalue weighted by atomic mass is 16.5. The topological polar surface area (TPSA) is 118 Å². The number of rotatable bonds is 3. The van der Waals surface area contributed by atoms with Gasteiger partial charge in [0.25, 0.3) is 11.5 Å². The van der Waals surface area contributed by atoms with Gasteiger partial charge in [-0.1, -0.05) is 6.92 Å². The van der Waals surface area contributed by atoms with E-state index in [4.69, 9.17) is 9.84 Å². The lowest BCUT2D eigenvalue weighted by Gasteiger charge is -2.21. The second kappa shape index (κ2) is 7.60. The van der Waals surface area contributed by atoms with Gasteiger partial charge in [0.2, 0.25) is 0 Å². The highest BCUT2D eigenvalue weighted by Crippen LogP contribution is 2.31. The van der Waals surface area contributed by atoms with E-state index >= 15 is 0 Å². The zero-order chi connectivity index (χ0) is 20.7. The van der Waals surface area contributed by atoms with E-state index in [1.54, 1.807) is 15.6 Å². The fourth-order valence-corrected chi connectivity index (χ4v) is 4.39. The number of carbonyl (C=O) groups excluding carboxylic acids is 1. The first-order valence-corrected chi connectivity index (χ1v) is 10.2. The summed E-state index contributed by atoms with van der Waals surface area (Å²) in [6, 6.07) is 0. The van der Waals surface area contributed by atoms with Gasteiger partial charge in [0.05, 0.1) is 12.4 Å². The minimum Gasteiger partial charge on any atom is -0.381 e. The first-order chi connectivity index (χ1) is 14.6. The van der Waals surface area contributed by atoms with Gasteiger partial charge in [0.15, 0.2) is 5.52 Å². The Hall–Kier alpha value is -3.14. The van der Waals surface area contributed by atoms with Gasteiger partial charge in [0.1, 0.15) is 17.3 Å². The number of amides is 1. The van der Waals surface area contributed by atoms with Crippen LogP contribution >= 0.6 is 0 Å². The molecule has 5 rings (SSSR count).